The molecule has 1 aromatic rings. The van der Waals surface area contributed by atoms with Crippen LogP contribution in [0.5, 0.6) is 0 Å². The molecule has 0 aliphatic rings. The predicted octanol–water partition coefficient (Wildman–Crippen LogP) is 6.22. The van der Waals surface area contributed by atoms with Crippen LogP contribution in [0.2, 0.25) is 0 Å². The number of carbonyl (C=O) groups excluding carboxylic acids is 2. The molecule has 1 N–H and O–H groups in total. The monoisotopic (exact) mass is 476 g/mol. The summed E-state index contributed by atoms with van der Waals surface area (Å²) in [6, 6.07) is 6.54. The van der Waals surface area contributed by atoms with E-state index in [0.29, 0.717) is 19.4 Å². The van der Waals surface area contributed by atoms with Crippen LogP contribution in [0.15, 0.2) is 18.2 Å². The minimum absolute atomic E-state index is 0.217. The van der Waals surface area contributed by atoms with Gasteiger partial charge in [0, 0.05) is 6.61 Å². The van der Waals surface area contributed by atoms with Crippen LogP contribution in [-0.4, -0.2) is 37.9 Å². The first-order valence-corrected chi connectivity index (χ1v) is 12.9. The van der Waals surface area contributed by atoms with E-state index < -0.39 is 10.8 Å². The first-order chi connectivity index (χ1) is 16.1. The molecule has 5 nitrogen and oxygen atoms in total. The van der Waals surface area contributed by atoms with Gasteiger partial charge >= 0.3 is 11.9 Å². The minimum atomic E-state index is -0.611. The molecular weight excluding hydrogens is 428 g/mol. The van der Waals surface area contributed by atoms with Gasteiger partial charge in [0.15, 0.2) is 0 Å². The molecule has 1 aromatic carbocycles. The van der Waals surface area contributed by atoms with E-state index in [1.54, 1.807) is 0 Å². The van der Waals surface area contributed by atoms with Crippen LogP contribution < -0.4 is 0 Å². The largest absolute Gasteiger partial charge is 0.469 e. The zero-order valence-corrected chi connectivity index (χ0v) is 22.5. The Balaban J connectivity index is 2.78. The fourth-order valence-corrected chi connectivity index (χ4v) is 4.58. The van der Waals surface area contributed by atoms with Crippen molar-refractivity contribution < 1.29 is 24.2 Å². The highest BCUT2D eigenvalue weighted by Crippen LogP contribution is 2.29. The number of esters is 2. The number of methoxy groups -OCH3 is 2. The third-order valence-electron chi connectivity index (χ3n) is 6.50. The lowest BCUT2D eigenvalue weighted by molar-refractivity contribution is -0.151. The van der Waals surface area contributed by atoms with E-state index in [4.69, 9.17) is 14.6 Å². The van der Waals surface area contributed by atoms with Crippen LogP contribution in [-0.2, 0) is 38.3 Å². The quantitative estimate of drug-likeness (QED) is 0.214. The van der Waals surface area contributed by atoms with E-state index in [-0.39, 0.29) is 11.9 Å². The van der Waals surface area contributed by atoms with Crippen LogP contribution in [0, 0.1) is 10.8 Å². The molecule has 0 spiro atoms. The summed E-state index contributed by atoms with van der Waals surface area (Å²) in [5.74, 6) is -0.434. The SMILES string of the molecule is COC(=O)C(C)(C)Cc1cc(CCCCCCCCCCCO)cc(CC(C)(C)C(=O)OC)c1. The Morgan fingerprint density at radius 3 is 1.38 bits per heavy atom. The summed E-state index contributed by atoms with van der Waals surface area (Å²) in [6.07, 6.45) is 12.9. The molecule has 0 aliphatic heterocycles. The molecule has 0 aliphatic carbocycles. The molecule has 0 amide bonds. The zero-order chi connectivity index (χ0) is 25.6. The molecule has 0 unspecified atom stereocenters. The van der Waals surface area contributed by atoms with Gasteiger partial charge in [-0.25, -0.2) is 0 Å². The molecule has 0 heterocycles. The Morgan fingerprint density at radius 2 is 1.00 bits per heavy atom. The lowest BCUT2D eigenvalue weighted by Gasteiger charge is -2.24. The normalized spacial score (nSPS) is 12.0. The van der Waals surface area contributed by atoms with Crippen molar-refractivity contribution in [3.8, 4) is 0 Å². The van der Waals surface area contributed by atoms with Crippen LogP contribution in [0.25, 0.3) is 0 Å². The van der Waals surface area contributed by atoms with Crippen molar-refractivity contribution in [1.82, 2.24) is 0 Å². The Labute approximate surface area is 207 Å². The van der Waals surface area contributed by atoms with E-state index in [9.17, 15) is 9.59 Å². The lowest BCUT2D eigenvalue weighted by Crippen LogP contribution is -2.29. The summed E-state index contributed by atoms with van der Waals surface area (Å²) in [4.78, 5) is 24.5. The van der Waals surface area contributed by atoms with Crippen molar-refractivity contribution in [1.29, 1.82) is 0 Å². The molecule has 1 rings (SSSR count). The van der Waals surface area contributed by atoms with Gasteiger partial charge in [0.2, 0.25) is 0 Å². The molecule has 194 valence electrons. The van der Waals surface area contributed by atoms with Gasteiger partial charge in [-0.15, -0.1) is 0 Å². The number of aliphatic hydroxyl groups excluding tert-OH is 1. The highest BCUT2D eigenvalue weighted by Gasteiger charge is 2.31. The molecule has 0 saturated heterocycles. The Morgan fingerprint density at radius 1 is 0.647 bits per heavy atom. The van der Waals surface area contributed by atoms with Crippen molar-refractivity contribution in [2.45, 2.75) is 105 Å². The number of carbonyl (C=O) groups is 2. The molecule has 5 heteroatoms. The summed E-state index contributed by atoms with van der Waals surface area (Å²) in [7, 11) is 2.86. The topological polar surface area (TPSA) is 72.8 Å². The maximum absolute atomic E-state index is 12.2. The van der Waals surface area contributed by atoms with Gasteiger partial charge in [-0.1, -0.05) is 63.1 Å². The van der Waals surface area contributed by atoms with Crippen LogP contribution in [0.4, 0.5) is 0 Å². The number of hydrogen-bond donors (Lipinski definition) is 1. The highest BCUT2D eigenvalue weighted by atomic mass is 16.5. The molecule has 0 saturated carbocycles. The summed E-state index contributed by atoms with van der Waals surface area (Å²) in [6.45, 7) is 7.95. The maximum atomic E-state index is 12.2. The highest BCUT2D eigenvalue weighted by molar-refractivity contribution is 5.76. The van der Waals surface area contributed by atoms with Gasteiger partial charge < -0.3 is 14.6 Å². The number of rotatable bonds is 17. The van der Waals surface area contributed by atoms with Crippen molar-refractivity contribution in [3.63, 3.8) is 0 Å². The van der Waals surface area contributed by atoms with E-state index in [1.165, 1.54) is 58.3 Å². The second kappa shape index (κ2) is 15.2. The summed E-state index contributed by atoms with van der Waals surface area (Å²) in [5, 5.41) is 8.84. The number of hydrogen-bond acceptors (Lipinski definition) is 5. The third-order valence-corrected chi connectivity index (χ3v) is 6.50. The summed E-state index contributed by atoms with van der Waals surface area (Å²) >= 11 is 0. The fraction of sp³-hybridized carbons (Fsp3) is 0.724. The van der Waals surface area contributed by atoms with Crippen molar-refractivity contribution in [2.75, 3.05) is 20.8 Å². The van der Waals surface area contributed by atoms with Crippen LogP contribution in [0.1, 0.15) is 102 Å². The van der Waals surface area contributed by atoms with Crippen LogP contribution >= 0.6 is 0 Å². The number of ether oxygens (including phenoxy) is 2. The van der Waals surface area contributed by atoms with Gasteiger partial charge in [-0.2, -0.15) is 0 Å². The standard InChI is InChI=1S/C29H48O5/c1-28(2,26(31)33-5)21-24-18-23(16-14-12-10-8-7-9-11-13-15-17-30)19-25(20-24)22-29(3,4)27(32)34-6/h18-20,30H,7-17,21-22H2,1-6H3. The smallest absolute Gasteiger partial charge is 0.311 e. The number of unbranched alkanes of at least 4 members (excludes halogenated alkanes) is 8. The molecular formula is C29H48O5. The average Bonchev–Trinajstić information content (AvgIpc) is 2.78. The Hall–Kier alpha value is -1.88. The molecule has 0 atom stereocenters. The Bertz CT molecular complexity index is 703. The van der Waals surface area contributed by atoms with E-state index >= 15 is 0 Å². The number of aliphatic hydroxyl groups is 1. The zero-order valence-electron chi connectivity index (χ0n) is 22.5. The molecule has 0 radical (unpaired) electrons. The number of aryl methyl sites for hydroxylation is 1. The van der Waals surface area contributed by atoms with Gasteiger partial charge in [0.25, 0.3) is 0 Å². The minimum Gasteiger partial charge on any atom is -0.469 e. The second-order valence-electron chi connectivity index (χ2n) is 10.9. The molecule has 0 bridgehead atoms. The Kier molecular flexibility index (Phi) is 13.5. The van der Waals surface area contributed by atoms with Gasteiger partial charge in [0.1, 0.15) is 0 Å². The number of benzene rings is 1. The first kappa shape index (κ1) is 30.2. The van der Waals surface area contributed by atoms with Gasteiger partial charge in [-0.05, 0) is 76.5 Å². The van der Waals surface area contributed by atoms with E-state index in [1.807, 2.05) is 27.7 Å². The molecule has 34 heavy (non-hydrogen) atoms. The maximum Gasteiger partial charge on any atom is 0.311 e. The van der Waals surface area contributed by atoms with Crippen molar-refractivity contribution in [2.24, 2.45) is 10.8 Å². The second-order valence-corrected chi connectivity index (χ2v) is 10.9. The van der Waals surface area contributed by atoms with E-state index in [0.717, 1.165) is 36.8 Å². The predicted molar refractivity (Wildman–Crippen MR) is 138 cm³/mol. The summed E-state index contributed by atoms with van der Waals surface area (Å²) < 4.78 is 10.0. The lowest BCUT2D eigenvalue weighted by atomic mass is 9.81. The summed E-state index contributed by atoms with van der Waals surface area (Å²) in [5.41, 5.74) is 2.25. The first-order valence-electron chi connectivity index (χ1n) is 12.9. The van der Waals surface area contributed by atoms with Gasteiger partial charge in [0.05, 0.1) is 25.0 Å². The molecule has 0 aromatic heterocycles. The average molecular weight is 477 g/mol. The van der Waals surface area contributed by atoms with Gasteiger partial charge in [-0.3, -0.25) is 9.59 Å². The van der Waals surface area contributed by atoms with Crippen LogP contribution in [0.3, 0.4) is 0 Å². The van der Waals surface area contributed by atoms with Crippen molar-refractivity contribution >= 4 is 11.9 Å². The van der Waals surface area contributed by atoms with E-state index in [2.05, 4.69) is 18.2 Å². The molecule has 0 fully saturated rings. The third kappa shape index (κ3) is 11.0. The fourth-order valence-electron chi connectivity index (χ4n) is 4.58. The van der Waals surface area contributed by atoms with Crippen molar-refractivity contribution in [3.05, 3.63) is 34.9 Å².